The molecule has 0 aromatic carbocycles. The molecule has 0 aliphatic rings. The predicted molar refractivity (Wildman–Crippen MR) is 61.3 cm³/mol. The van der Waals surface area contributed by atoms with Crippen molar-refractivity contribution in [2.24, 2.45) is 0 Å². The second kappa shape index (κ2) is 5.68. The second-order valence-corrected chi connectivity index (χ2v) is 3.93. The molecule has 0 fully saturated rings. The van der Waals surface area contributed by atoms with Gasteiger partial charge in [-0.15, -0.1) is 0 Å². The summed E-state index contributed by atoms with van der Waals surface area (Å²) in [5.74, 6) is 0.552. The third-order valence-electron chi connectivity index (χ3n) is 2.19. The van der Waals surface area contributed by atoms with Crippen LogP contribution in [0.5, 0.6) is 0 Å². The van der Waals surface area contributed by atoms with Crippen LogP contribution in [0.1, 0.15) is 19.0 Å². The minimum absolute atomic E-state index is 0.249. The topological polar surface area (TPSA) is 62.4 Å². The Bertz CT molecular complexity index is 302. The van der Waals surface area contributed by atoms with Gasteiger partial charge in [0.05, 0.1) is 11.8 Å². The van der Waals surface area contributed by atoms with Crippen LogP contribution < -0.4 is 5.73 Å². The molecular formula is C11H19N3O. The van der Waals surface area contributed by atoms with Gasteiger partial charge >= 0.3 is 0 Å². The number of aliphatic hydroxyl groups is 1. The Morgan fingerprint density at radius 1 is 1.53 bits per heavy atom. The maximum Gasteiger partial charge on any atom is 0.123 e. The average molecular weight is 209 g/mol. The highest BCUT2D eigenvalue weighted by Gasteiger charge is 2.03. The van der Waals surface area contributed by atoms with Crippen molar-refractivity contribution in [1.82, 2.24) is 9.88 Å². The number of aromatic nitrogens is 1. The smallest absolute Gasteiger partial charge is 0.123 e. The van der Waals surface area contributed by atoms with Crippen LogP contribution in [0.3, 0.4) is 0 Å². The minimum atomic E-state index is -0.249. The van der Waals surface area contributed by atoms with Crippen molar-refractivity contribution < 1.29 is 5.11 Å². The Morgan fingerprint density at radius 3 is 2.87 bits per heavy atom. The monoisotopic (exact) mass is 209 g/mol. The SMILES string of the molecule is CC(O)CCN(C)Cc1cccc(N)n1. The first-order valence-electron chi connectivity index (χ1n) is 5.16. The number of pyridine rings is 1. The molecule has 0 saturated heterocycles. The summed E-state index contributed by atoms with van der Waals surface area (Å²) in [6.07, 6.45) is 0.528. The molecule has 0 amide bonds. The van der Waals surface area contributed by atoms with Gasteiger partial charge in [-0.25, -0.2) is 4.98 Å². The van der Waals surface area contributed by atoms with Crippen LogP contribution in [0.15, 0.2) is 18.2 Å². The third-order valence-corrected chi connectivity index (χ3v) is 2.19. The largest absolute Gasteiger partial charge is 0.393 e. The van der Waals surface area contributed by atoms with Crippen LogP contribution in [0, 0.1) is 0 Å². The first-order valence-corrected chi connectivity index (χ1v) is 5.16. The summed E-state index contributed by atoms with van der Waals surface area (Å²) in [6, 6.07) is 5.63. The molecule has 84 valence electrons. The van der Waals surface area contributed by atoms with E-state index in [9.17, 15) is 0 Å². The quantitative estimate of drug-likeness (QED) is 0.755. The molecule has 1 atom stereocenters. The van der Waals surface area contributed by atoms with Gasteiger partial charge in [-0.3, -0.25) is 0 Å². The van der Waals surface area contributed by atoms with Gasteiger partial charge in [0.1, 0.15) is 5.82 Å². The molecule has 1 unspecified atom stereocenters. The Hall–Kier alpha value is -1.13. The molecule has 4 nitrogen and oxygen atoms in total. The van der Waals surface area contributed by atoms with Crippen molar-refractivity contribution in [2.75, 3.05) is 19.3 Å². The summed E-state index contributed by atoms with van der Waals surface area (Å²) < 4.78 is 0. The van der Waals surface area contributed by atoms with Crippen molar-refractivity contribution in [3.8, 4) is 0 Å². The van der Waals surface area contributed by atoms with Crippen molar-refractivity contribution in [1.29, 1.82) is 0 Å². The minimum Gasteiger partial charge on any atom is -0.393 e. The number of hydrogen-bond acceptors (Lipinski definition) is 4. The van der Waals surface area contributed by atoms with Crippen molar-refractivity contribution >= 4 is 5.82 Å². The van der Waals surface area contributed by atoms with Gasteiger partial charge in [0.2, 0.25) is 0 Å². The van der Waals surface area contributed by atoms with Crippen molar-refractivity contribution in [2.45, 2.75) is 26.0 Å². The highest BCUT2D eigenvalue weighted by Crippen LogP contribution is 2.04. The first kappa shape index (κ1) is 11.9. The van der Waals surface area contributed by atoms with Gasteiger partial charge in [0.15, 0.2) is 0 Å². The molecule has 0 saturated carbocycles. The molecule has 1 aromatic heterocycles. The molecule has 1 heterocycles. The van der Waals surface area contributed by atoms with Gasteiger partial charge in [0.25, 0.3) is 0 Å². The molecule has 0 radical (unpaired) electrons. The van der Waals surface area contributed by atoms with Crippen LogP contribution in [0.2, 0.25) is 0 Å². The maximum absolute atomic E-state index is 9.15. The lowest BCUT2D eigenvalue weighted by Gasteiger charge is -2.16. The Balaban J connectivity index is 2.40. The van der Waals surface area contributed by atoms with Gasteiger partial charge in [-0.2, -0.15) is 0 Å². The van der Waals surface area contributed by atoms with Crippen LogP contribution in [0.25, 0.3) is 0 Å². The lowest BCUT2D eigenvalue weighted by atomic mass is 10.2. The number of nitrogens with two attached hydrogens (primary N) is 1. The van der Waals surface area contributed by atoms with E-state index in [0.29, 0.717) is 5.82 Å². The van der Waals surface area contributed by atoms with Gasteiger partial charge in [-0.1, -0.05) is 6.07 Å². The van der Waals surface area contributed by atoms with E-state index in [1.807, 2.05) is 19.2 Å². The molecule has 1 rings (SSSR count). The maximum atomic E-state index is 9.15. The van der Waals surface area contributed by atoms with E-state index in [4.69, 9.17) is 10.8 Å². The van der Waals surface area contributed by atoms with E-state index < -0.39 is 0 Å². The van der Waals surface area contributed by atoms with Crippen LogP contribution >= 0.6 is 0 Å². The number of anilines is 1. The standard InChI is InChI=1S/C11H19N3O/c1-9(15)6-7-14(2)8-10-4-3-5-11(12)13-10/h3-5,9,15H,6-8H2,1-2H3,(H2,12,13). The summed E-state index contributed by atoms with van der Waals surface area (Å²) in [4.78, 5) is 6.33. The molecular weight excluding hydrogens is 190 g/mol. The van der Waals surface area contributed by atoms with Gasteiger partial charge in [-0.05, 0) is 32.5 Å². The summed E-state index contributed by atoms with van der Waals surface area (Å²) in [5, 5.41) is 9.15. The fourth-order valence-corrected chi connectivity index (χ4v) is 1.35. The van der Waals surface area contributed by atoms with E-state index in [2.05, 4.69) is 9.88 Å². The van der Waals surface area contributed by atoms with E-state index in [1.54, 1.807) is 13.0 Å². The highest BCUT2D eigenvalue weighted by molar-refractivity contribution is 5.28. The molecule has 0 bridgehead atoms. The van der Waals surface area contributed by atoms with Gasteiger partial charge in [0, 0.05) is 13.1 Å². The van der Waals surface area contributed by atoms with E-state index >= 15 is 0 Å². The fourth-order valence-electron chi connectivity index (χ4n) is 1.35. The van der Waals surface area contributed by atoms with Crippen molar-refractivity contribution in [3.05, 3.63) is 23.9 Å². The average Bonchev–Trinajstić information content (AvgIpc) is 2.15. The normalized spacial score (nSPS) is 13.1. The number of hydrogen-bond donors (Lipinski definition) is 2. The molecule has 0 aliphatic carbocycles. The molecule has 0 spiro atoms. The zero-order chi connectivity index (χ0) is 11.3. The number of nitrogens with zero attached hydrogens (tertiary/aromatic N) is 2. The Labute approximate surface area is 90.7 Å². The lowest BCUT2D eigenvalue weighted by molar-refractivity contribution is 0.162. The number of rotatable bonds is 5. The molecule has 15 heavy (non-hydrogen) atoms. The summed E-state index contributed by atoms with van der Waals surface area (Å²) in [5.41, 5.74) is 6.55. The lowest BCUT2D eigenvalue weighted by Crippen LogP contribution is -2.22. The van der Waals surface area contributed by atoms with E-state index in [0.717, 1.165) is 25.2 Å². The van der Waals surface area contributed by atoms with Crippen LogP contribution in [-0.2, 0) is 6.54 Å². The zero-order valence-electron chi connectivity index (χ0n) is 9.35. The molecule has 1 aromatic rings. The molecule has 3 N–H and O–H groups in total. The summed E-state index contributed by atoms with van der Waals surface area (Å²) in [7, 11) is 2.01. The molecule has 0 aliphatic heterocycles. The Kier molecular flexibility index (Phi) is 4.52. The summed E-state index contributed by atoms with van der Waals surface area (Å²) >= 11 is 0. The number of aliphatic hydroxyl groups excluding tert-OH is 1. The fraction of sp³-hybridized carbons (Fsp3) is 0.545. The second-order valence-electron chi connectivity index (χ2n) is 3.93. The predicted octanol–water partition coefficient (Wildman–Crippen LogP) is 0.867. The Morgan fingerprint density at radius 2 is 2.27 bits per heavy atom. The van der Waals surface area contributed by atoms with Gasteiger partial charge < -0.3 is 15.7 Å². The van der Waals surface area contributed by atoms with Crippen LogP contribution in [0.4, 0.5) is 5.82 Å². The highest BCUT2D eigenvalue weighted by atomic mass is 16.3. The van der Waals surface area contributed by atoms with Crippen LogP contribution in [-0.4, -0.2) is 34.7 Å². The third kappa shape index (κ3) is 4.76. The summed E-state index contributed by atoms with van der Waals surface area (Å²) in [6.45, 7) is 3.42. The number of nitrogen functional groups attached to an aromatic ring is 1. The zero-order valence-corrected chi connectivity index (χ0v) is 9.35. The first-order chi connectivity index (χ1) is 7.08. The van der Waals surface area contributed by atoms with E-state index in [1.165, 1.54) is 0 Å². The van der Waals surface area contributed by atoms with Crippen molar-refractivity contribution in [3.63, 3.8) is 0 Å². The molecule has 4 heteroatoms. The van der Waals surface area contributed by atoms with E-state index in [-0.39, 0.29) is 6.10 Å².